The van der Waals surface area contributed by atoms with Gasteiger partial charge < -0.3 is 0 Å². The number of thiophene rings is 1. The van der Waals surface area contributed by atoms with Gasteiger partial charge in [0.25, 0.3) is 11.8 Å². The average molecular weight is 436 g/mol. The van der Waals surface area contributed by atoms with E-state index >= 15 is 0 Å². The Morgan fingerprint density at radius 1 is 0.968 bits per heavy atom. The van der Waals surface area contributed by atoms with Gasteiger partial charge in [0.05, 0.1) is 17.7 Å². The van der Waals surface area contributed by atoms with Crippen LogP contribution in [0.2, 0.25) is 0 Å². The maximum atomic E-state index is 12.9. The maximum absolute atomic E-state index is 12.9. The van der Waals surface area contributed by atoms with E-state index in [9.17, 15) is 19.2 Å². The molecule has 0 atom stereocenters. The molecule has 0 bridgehead atoms. The van der Waals surface area contributed by atoms with Gasteiger partial charge in [-0.2, -0.15) is 16.3 Å². The molecular weight excluding hydrogens is 416 g/mol. The van der Waals surface area contributed by atoms with Gasteiger partial charge in [0.2, 0.25) is 5.91 Å². The molecule has 0 aliphatic carbocycles. The number of imide groups is 2. The fourth-order valence-corrected chi connectivity index (χ4v) is 4.84. The summed E-state index contributed by atoms with van der Waals surface area (Å²) in [6.07, 6.45) is 3.25. The van der Waals surface area contributed by atoms with Crippen molar-refractivity contribution >= 4 is 40.7 Å². The molecule has 1 fully saturated rings. The Morgan fingerprint density at radius 3 is 2.52 bits per heavy atom. The van der Waals surface area contributed by atoms with Crippen molar-refractivity contribution in [1.29, 1.82) is 0 Å². The third-order valence-electron chi connectivity index (χ3n) is 5.79. The molecule has 4 heterocycles. The molecule has 1 aromatic heterocycles. The van der Waals surface area contributed by atoms with Crippen LogP contribution in [0.15, 0.2) is 41.1 Å². The quantitative estimate of drug-likeness (QED) is 0.744. The second kappa shape index (κ2) is 7.75. The minimum atomic E-state index is -0.757. The lowest BCUT2D eigenvalue weighted by Gasteiger charge is -2.32. The van der Waals surface area contributed by atoms with Gasteiger partial charge in [0.15, 0.2) is 0 Å². The predicted molar refractivity (Wildman–Crippen MR) is 114 cm³/mol. The maximum Gasteiger partial charge on any atom is 0.343 e. The number of hydrogen-bond acceptors (Lipinski definition) is 6. The van der Waals surface area contributed by atoms with E-state index in [4.69, 9.17) is 0 Å². The molecule has 3 aliphatic rings. The molecule has 3 aliphatic heterocycles. The zero-order valence-electron chi connectivity index (χ0n) is 16.7. The zero-order chi connectivity index (χ0) is 21.5. The van der Waals surface area contributed by atoms with E-state index in [-0.39, 0.29) is 18.5 Å². The van der Waals surface area contributed by atoms with E-state index in [0.29, 0.717) is 12.1 Å². The van der Waals surface area contributed by atoms with Crippen molar-refractivity contribution in [2.45, 2.75) is 19.4 Å². The fourth-order valence-electron chi connectivity index (χ4n) is 4.16. The SMILES string of the molecule is O=C1CCN(N2C(=O)c3ccc(CN4CC=C(c5ccsc5)CC4)cc3C2=O)C(=O)N1. The third-order valence-corrected chi connectivity index (χ3v) is 6.48. The molecule has 0 unspecified atom stereocenters. The Bertz CT molecular complexity index is 1120. The predicted octanol–water partition coefficient (Wildman–Crippen LogP) is 2.49. The monoisotopic (exact) mass is 436 g/mol. The summed E-state index contributed by atoms with van der Waals surface area (Å²) in [6.45, 7) is 2.40. The molecule has 8 nitrogen and oxygen atoms in total. The van der Waals surface area contributed by atoms with Crippen LogP contribution in [0.25, 0.3) is 5.57 Å². The molecule has 1 aromatic carbocycles. The first kappa shape index (κ1) is 19.7. The number of hydrogen-bond donors (Lipinski definition) is 1. The van der Waals surface area contributed by atoms with Gasteiger partial charge in [0, 0.05) is 26.1 Å². The molecule has 1 N–H and O–H groups in total. The van der Waals surface area contributed by atoms with E-state index in [1.807, 2.05) is 6.07 Å². The molecule has 31 heavy (non-hydrogen) atoms. The van der Waals surface area contributed by atoms with Crippen molar-refractivity contribution in [2.75, 3.05) is 19.6 Å². The Kier molecular flexibility index (Phi) is 4.91. The highest BCUT2D eigenvalue weighted by molar-refractivity contribution is 7.08. The molecule has 0 spiro atoms. The number of urea groups is 1. The summed E-state index contributed by atoms with van der Waals surface area (Å²) < 4.78 is 0. The Morgan fingerprint density at radius 2 is 1.81 bits per heavy atom. The van der Waals surface area contributed by atoms with Gasteiger partial charge in [-0.05, 0) is 52.1 Å². The summed E-state index contributed by atoms with van der Waals surface area (Å²) in [6, 6.07) is 6.62. The summed E-state index contributed by atoms with van der Waals surface area (Å²) in [5, 5.41) is 8.24. The second-order valence-corrected chi connectivity index (χ2v) is 8.54. The number of fused-ring (bicyclic) bond motifs is 1. The highest BCUT2D eigenvalue weighted by Gasteiger charge is 2.43. The van der Waals surface area contributed by atoms with Crippen molar-refractivity contribution in [2.24, 2.45) is 0 Å². The van der Waals surface area contributed by atoms with Gasteiger partial charge in [-0.3, -0.25) is 24.6 Å². The van der Waals surface area contributed by atoms with Gasteiger partial charge in [0.1, 0.15) is 0 Å². The van der Waals surface area contributed by atoms with Crippen LogP contribution in [0.3, 0.4) is 0 Å². The van der Waals surface area contributed by atoms with Gasteiger partial charge in [-0.15, -0.1) is 0 Å². The lowest BCUT2D eigenvalue weighted by atomic mass is 10.0. The third kappa shape index (κ3) is 3.55. The molecule has 0 radical (unpaired) electrons. The summed E-state index contributed by atoms with van der Waals surface area (Å²) >= 11 is 1.70. The molecule has 2 aromatic rings. The van der Waals surface area contributed by atoms with Crippen LogP contribution in [-0.2, 0) is 11.3 Å². The van der Waals surface area contributed by atoms with E-state index in [1.165, 1.54) is 11.1 Å². The number of nitrogens with one attached hydrogen (secondary N) is 1. The number of hydrazine groups is 1. The van der Waals surface area contributed by atoms with Crippen LogP contribution >= 0.6 is 11.3 Å². The van der Waals surface area contributed by atoms with Crippen LogP contribution in [-0.4, -0.2) is 58.3 Å². The minimum Gasteiger partial charge on any atom is -0.295 e. The second-order valence-electron chi connectivity index (χ2n) is 7.76. The molecule has 1 saturated heterocycles. The van der Waals surface area contributed by atoms with Gasteiger partial charge >= 0.3 is 6.03 Å². The number of carbonyl (C=O) groups is 4. The normalized spacial score (nSPS) is 19.5. The first-order valence-electron chi connectivity index (χ1n) is 10.1. The lowest BCUT2D eigenvalue weighted by molar-refractivity contribution is -0.122. The first-order valence-corrected chi connectivity index (χ1v) is 11.0. The topological polar surface area (TPSA) is 90.0 Å². The minimum absolute atomic E-state index is 0.00440. The summed E-state index contributed by atoms with van der Waals surface area (Å²) in [5.41, 5.74) is 4.15. The van der Waals surface area contributed by atoms with Crippen LogP contribution in [0.5, 0.6) is 0 Å². The summed E-state index contributed by atoms with van der Waals surface area (Å²) in [4.78, 5) is 51.5. The standard InChI is InChI=1S/C22H20N4O4S/c27-19-5-9-25(22(30)23-19)26-20(28)17-2-1-14(11-18(17)21(26)29)12-24-7-3-15(4-8-24)16-6-10-31-13-16/h1-3,6,10-11,13H,4-5,7-9,12H2,(H,23,27,30). The number of nitrogens with zero attached hydrogens (tertiary/aromatic N) is 3. The number of amides is 5. The molecule has 158 valence electrons. The van der Waals surface area contributed by atoms with Crippen LogP contribution < -0.4 is 5.32 Å². The first-order chi connectivity index (χ1) is 15.0. The molecule has 9 heteroatoms. The van der Waals surface area contributed by atoms with E-state index < -0.39 is 23.8 Å². The molecule has 0 saturated carbocycles. The highest BCUT2D eigenvalue weighted by atomic mass is 32.1. The lowest BCUT2D eigenvalue weighted by Crippen LogP contribution is -2.58. The van der Waals surface area contributed by atoms with Crippen molar-refractivity contribution in [3.05, 3.63) is 63.4 Å². The van der Waals surface area contributed by atoms with Crippen molar-refractivity contribution < 1.29 is 19.2 Å². The number of rotatable bonds is 4. The molecular formula is C22H20N4O4S. The van der Waals surface area contributed by atoms with E-state index in [1.54, 1.807) is 23.5 Å². The van der Waals surface area contributed by atoms with Crippen molar-refractivity contribution in [3.63, 3.8) is 0 Å². The summed E-state index contributed by atoms with van der Waals surface area (Å²) in [7, 11) is 0. The van der Waals surface area contributed by atoms with Gasteiger partial charge in [-0.1, -0.05) is 12.1 Å². The smallest absolute Gasteiger partial charge is 0.295 e. The van der Waals surface area contributed by atoms with Crippen LogP contribution in [0.1, 0.15) is 44.7 Å². The zero-order valence-corrected chi connectivity index (χ0v) is 17.5. The molecule has 5 rings (SSSR count). The number of carbonyl (C=O) groups excluding carboxylic acids is 4. The Balaban J connectivity index is 1.31. The number of benzene rings is 1. The largest absolute Gasteiger partial charge is 0.343 e. The van der Waals surface area contributed by atoms with Crippen LogP contribution in [0.4, 0.5) is 4.79 Å². The van der Waals surface area contributed by atoms with Gasteiger partial charge in [-0.25, -0.2) is 9.80 Å². The Hall–Kier alpha value is -3.30. The fraction of sp³-hybridized carbons (Fsp3) is 0.273. The average Bonchev–Trinajstić information content (AvgIpc) is 3.37. The highest BCUT2D eigenvalue weighted by Crippen LogP contribution is 2.28. The Labute approximate surface area is 182 Å². The summed E-state index contributed by atoms with van der Waals surface area (Å²) in [5.74, 6) is -1.50. The van der Waals surface area contributed by atoms with Crippen LogP contribution in [0, 0.1) is 0 Å². The van der Waals surface area contributed by atoms with E-state index in [2.05, 4.69) is 33.1 Å². The molecule has 5 amide bonds. The van der Waals surface area contributed by atoms with Crippen molar-refractivity contribution in [3.8, 4) is 0 Å². The van der Waals surface area contributed by atoms with E-state index in [0.717, 1.165) is 35.1 Å². The van der Waals surface area contributed by atoms with Crippen molar-refractivity contribution in [1.82, 2.24) is 20.2 Å².